The molecule has 142 valence electrons. The van der Waals surface area contributed by atoms with Crippen LogP contribution in [0.3, 0.4) is 0 Å². The molecule has 26 heavy (non-hydrogen) atoms. The fraction of sp³-hybridized carbons (Fsp3) is 0.471. The SMILES string of the molecule is CCCC(NC(=O)c1ccc2c(c1)nc(C(F)(F)F)n2C(C)C)C(=O)O. The zero-order chi connectivity index (χ0) is 19.6. The van der Waals surface area contributed by atoms with Gasteiger partial charge in [0, 0.05) is 11.6 Å². The lowest BCUT2D eigenvalue weighted by Gasteiger charge is -2.15. The van der Waals surface area contributed by atoms with Crippen molar-refractivity contribution in [1.82, 2.24) is 14.9 Å². The van der Waals surface area contributed by atoms with Crippen LogP contribution in [-0.4, -0.2) is 32.6 Å². The Balaban J connectivity index is 2.43. The Morgan fingerprint density at radius 3 is 2.46 bits per heavy atom. The zero-order valence-corrected chi connectivity index (χ0v) is 14.6. The maximum Gasteiger partial charge on any atom is 0.449 e. The predicted molar refractivity (Wildman–Crippen MR) is 88.9 cm³/mol. The maximum atomic E-state index is 13.2. The van der Waals surface area contributed by atoms with Crippen LogP contribution in [0.25, 0.3) is 11.0 Å². The van der Waals surface area contributed by atoms with E-state index < -0.39 is 36.0 Å². The van der Waals surface area contributed by atoms with Crippen LogP contribution in [-0.2, 0) is 11.0 Å². The molecule has 1 heterocycles. The summed E-state index contributed by atoms with van der Waals surface area (Å²) < 4.78 is 40.7. The molecule has 2 rings (SSSR count). The minimum absolute atomic E-state index is 0.0287. The molecule has 2 N–H and O–H groups in total. The van der Waals surface area contributed by atoms with Crippen LogP contribution < -0.4 is 5.32 Å². The lowest BCUT2D eigenvalue weighted by Crippen LogP contribution is -2.40. The van der Waals surface area contributed by atoms with Gasteiger partial charge in [-0.2, -0.15) is 13.2 Å². The van der Waals surface area contributed by atoms with Crippen LogP contribution in [0.2, 0.25) is 0 Å². The zero-order valence-electron chi connectivity index (χ0n) is 14.6. The van der Waals surface area contributed by atoms with E-state index in [0.717, 1.165) is 4.57 Å². The van der Waals surface area contributed by atoms with Crippen molar-refractivity contribution in [1.29, 1.82) is 0 Å². The molecule has 0 bridgehead atoms. The highest BCUT2D eigenvalue weighted by atomic mass is 19.4. The predicted octanol–water partition coefficient (Wildman–Crippen LogP) is 3.62. The largest absolute Gasteiger partial charge is 0.480 e. The second kappa shape index (κ2) is 7.35. The van der Waals surface area contributed by atoms with Gasteiger partial charge in [0.05, 0.1) is 11.0 Å². The Morgan fingerprint density at radius 2 is 1.96 bits per heavy atom. The Kier molecular flexibility index (Phi) is 5.58. The van der Waals surface area contributed by atoms with Crippen molar-refractivity contribution in [3.8, 4) is 0 Å². The van der Waals surface area contributed by atoms with Crippen molar-refractivity contribution in [3.63, 3.8) is 0 Å². The summed E-state index contributed by atoms with van der Waals surface area (Å²) in [5.74, 6) is -2.86. The van der Waals surface area contributed by atoms with E-state index in [4.69, 9.17) is 5.11 Å². The number of carboxylic acids is 1. The molecule has 6 nitrogen and oxygen atoms in total. The van der Waals surface area contributed by atoms with E-state index in [9.17, 15) is 22.8 Å². The first-order valence-electron chi connectivity index (χ1n) is 8.19. The fourth-order valence-electron chi connectivity index (χ4n) is 2.75. The van der Waals surface area contributed by atoms with Crippen molar-refractivity contribution in [2.24, 2.45) is 0 Å². The van der Waals surface area contributed by atoms with Crippen molar-refractivity contribution in [2.75, 3.05) is 0 Å². The molecule has 9 heteroatoms. The summed E-state index contributed by atoms with van der Waals surface area (Å²) >= 11 is 0. The average Bonchev–Trinajstić information content (AvgIpc) is 2.93. The van der Waals surface area contributed by atoms with Crippen LogP contribution in [0.4, 0.5) is 13.2 Å². The highest BCUT2D eigenvalue weighted by Crippen LogP contribution is 2.33. The van der Waals surface area contributed by atoms with Gasteiger partial charge < -0.3 is 15.0 Å². The number of hydrogen-bond acceptors (Lipinski definition) is 3. The first-order chi connectivity index (χ1) is 12.1. The number of hydrogen-bond donors (Lipinski definition) is 2. The Morgan fingerprint density at radius 1 is 1.31 bits per heavy atom. The van der Waals surface area contributed by atoms with Crippen LogP contribution in [0.1, 0.15) is 55.8 Å². The molecule has 0 fully saturated rings. The number of aromatic nitrogens is 2. The number of fused-ring (bicyclic) bond motifs is 1. The smallest absolute Gasteiger partial charge is 0.449 e. The van der Waals surface area contributed by atoms with Gasteiger partial charge in [-0.1, -0.05) is 13.3 Å². The number of aliphatic carboxylic acids is 1. The highest BCUT2D eigenvalue weighted by molar-refractivity contribution is 5.99. The van der Waals surface area contributed by atoms with Gasteiger partial charge in [-0.15, -0.1) is 0 Å². The van der Waals surface area contributed by atoms with Gasteiger partial charge in [0.2, 0.25) is 5.82 Å². The molecule has 0 radical (unpaired) electrons. The summed E-state index contributed by atoms with van der Waals surface area (Å²) in [6.45, 7) is 5.00. The van der Waals surface area contributed by atoms with E-state index in [-0.39, 0.29) is 23.0 Å². The van der Waals surface area contributed by atoms with E-state index in [0.29, 0.717) is 6.42 Å². The monoisotopic (exact) mass is 371 g/mol. The molecular formula is C17H20F3N3O3. The van der Waals surface area contributed by atoms with Gasteiger partial charge in [-0.3, -0.25) is 4.79 Å². The number of carbonyl (C=O) groups is 2. The molecule has 0 saturated carbocycles. The number of amides is 1. The highest BCUT2D eigenvalue weighted by Gasteiger charge is 2.38. The number of alkyl halides is 3. The van der Waals surface area contributed by atoms with E-state index in [2.05, 4.69) is 10.3 Å². The molecule has 1 aromatic heterocycles. The summed E-state index contributed by atoms with van der Waals surface area (Å²) in [6.07, 6.45) is -3.81. The first kappa shape index (κ1) is 19.7. The van der Waals surface area contributed by atoms with Crippen molar-refractivity contribution >= 4 is 22.9 Å². The summed E-state index contributed by atoms with van der Waals surface area (Å²) in [6, 6.07) is 2.47. The number of imidazole rings is 1. The van der Waals surface area contributed by atoms with Crippen LogP contribution in [0, 0.1) is 0 Å². The number of nitrogens with zero attached hydrogens (tertiary/aromatic N) is 2. The molecule has 0 aliphatic carbocycles. The van der Waals surface area contributed by atoms with Crippen molar-refractivity contribution < 1.29 is 27.9 Å². The number of benzene rings is 1. The van der Waals surface area contributed by atoms with Gasteiger partial charge in [0.1, 0.15) is 6.04 Å². The summed E-state index contributed by atoms with van der Waals surface area (Å²) in [4.78, 5) is 27.1. The van der Waals surface area contributed by atoms with Gasteiger partial charge in [0.25, 0.3) is 5.91 Å². The first-order valence-corrected chi connectivity index (χ1v) is 8.19. The van der Waals surface area contributed by atoms with Crippen molar-refractivity contribution in [3.05, 3.63) is 29.6 Å². The fourth-order valence-corrected chi connectivity index (χ4v) is 2.75. The molecule has 0 saturated heterocycles. The lowest BCUT2D eigenvalue weighted by molar-refractivity contribution is -0.147. The third-order valence-electron chi connectivity index (χ3n) is 3.90. The molecule has 1 amide bonds. The Bertz CT molecular complexity index is 828. The van der Waals surface area contributed by atoms with Crippen LogP contribution in [0.15, 0.2) is 18.2 Å². The normalized spacial score (nSPS) is 13.2. The van der Waals surface area contributed by atoms with Crippen molar-refractivity contribution in [2.45, 2.75) is 51.9 Å². The van der Waals surface area contributed by atoms with E-state index in [1.54, 1.807) is 20.8 Å². The standard InChI is InChI=1S/C17H20F3N3O3/c1-4-5-11(15(25)26)21-14(24)10-6-7-13-12(8-10)22-16(17(18,19)20)23(13)9(2)3/h6-9,11H,4-5H2,1-3H3,(H,21,24)(H,25,26). The second-order valence-corrected chi connectivity index (χ2v) is 6.25. The molecule has 2 aromatic rings. The topological polar surface area (TPSA) is 84.2 Å². The van der Waals surface area contributed by atoms with E-state index in [1.807, 2.05) is 0 Å². The molecular weight excluding hydrogens is 351 g/mol. The number of halogens is 3. The molecule has 1 aromatic carbocycles. The van der Waals surface area contributed by atoms with Gasteiger partial charge in [0.15, 0.2) is 0 Å². The molecule has 0 aliphatic heterocycles. The van der Waals surface area contributed by atoms with Gasteiger partial charge in [-0.25, -0.2) is 9.78 Å². The average molecular weight is 371 g/mol. The minimum Gasteiger partial charge on any atom is -0.480 e. The third-order valence-corrected chi connectivity index (χ3v) is 3.90. The summed E-state index contributed by atoms with van der Waals surface area (Å²) in [7, 11) is 0. The molecule has 1 unspecified atom stereocenters. The summed E-state index contributed by atoms with van der Waals surface area (Å²) in [5.41, 5.74) is 0.343. The number of rotatable bonds is 6. The van der Waals surface area contributed by atoms with Crippen LogP contribution in [0.5, 0.6) is 0 Å². The molecule has 1 atom stereocenters. The summed E-state index contributed by atoms with van der Waals surface area (Å²) in [5, 5.41) is 11.5. The third kappa shape index (κ3) is 3.97. The van der Waals surface area contributed by atoms with E-state index in [1.165, 1.54) is 18.2 Å². The molecule has 0 aliphatic rings. The minimum atomic E-state index is -4.62. The number of carboxylic acid groups (broad SMARTS) is 1. The van der Waals surface area contributed by atoms with Crippen LogP contribution >= 0.6 is 0 Å². The second-order valence-electron chi connectivity index (χ2n) is 6.25. The lowest BCUT2D eigenvalue weighted by atomic mass is 10.1. The quantitative estimate of drug-likeness (QED) is 0.812. The maximum absolute atomic E-state index is 13.2. The van der Waals surface area contributed by atoms with E-state index >= 15 is 0 Å². The van der Waals surface area contributed by atoms with Gasteiger partial charge in [-0.05, 0) is 38.5 Å². The van der Waals surface area contributed by atoms with Gasteiger partial charge >= 0.3 is 12.1 Å². The molecule has 0 spiro atoms. The number of carbonyl (C=O) groups excluding carboxylic acids is 1. The Hall–Kier alpha value is -2.58. The Labute approximate surface area is 148 Å². The number of nitrogens with one attached hydrogen (secondary N) is 1.